The second kappa shape index (κ2) is 5.61. The maximum atomic E-state index is 4.37. The smallest absolute Gasteiger partial charge is 0.0653 e. The van der Waals surface area contributed by atoms with E-state index in [1.165, 1.54) is 0 Å². The van der Waals surface area contributed by atoms with Gasteiger partial charge in [0, 0.05) is 11.3 Å². The molecule has 0 heterocycles. The molecule has 3 unspecified atom stereocenters. The van der Waals surface area contributed by atoms with Crippen LogP contribution in [0.25, 0.3) is 0 Å². The summed E-state index contributed by atoms with van der Waals surface area (Å²) >= 11 is 4.37. The van der Waals surface area contributed by atoms with Crippen LogP contribution in [0.1, 0.15) is 20.3 Å². The molecule has 0 amide bonds. The van der Waals surface area contributed by atoms with Gasteiger partial charge in [-0.1, -0.05) is 13.8 Å². The Morgan fingerprint density at radius 1 is 1.64 bits per heavy atom. The molecule has 0 aliphatic heterocycles. The average Bonchev–Trinajstić information content (AvgIpc) is 1.99. The summed E-state index contributed by atoms with van der Waals surface area (Å²) < 4.78 is 0. The molecule has 0 rings (SSSR count). The lowest BCUT2D eigenvalue weighted by molar-refractivity contribution is 0.450. The summed E-state index contributed by atoms with van der Waals surface area (Å²) in [7, 11) is 1.94. The van der Waals surface area contributed by atoms with Crippen LogP contribution >= 0.6 is 12.6 Å². The molecule has 0 aromatic rings. The lowest BCUT2D eigenvalue weighted by atomic mass is 10.0. The fourth-order valence-corrected chi connectivity index (χ4v) is 1.60. The third-order valence-electron chi connectivity index (χ3n) is 1.92. The highest BCUT2D eigenvalue weighted by Crippen LogP contribution is 2.10. The van der Waals surface area contributed by atoms with Crippen molar-refractivity contribution in [3.63, 3.8) is 0 Å². The van der Waals surface area contributed by atoms with Crippen molar-refractivity contribution in [3.05, 3.63) is 0 Å². The highest BCUT2D eigenvalue weighted by molar-refractivity contribution is 7.81. The molecule has 66 valence electrons. The minimum Gasteiger partial charge on any atom is -0.314 e. The molecule has 0 aliphatic rings. The summed E-state index contributed by atoms with van der Waals surface area (Å²) in [5.74, 6) is 0. The molecule has 1 N–H and O–H groups in total. The van der Waals surface area contributed by atoms with Crippen molar-refractivity contribution in [2.24, 2.45) is 4.99 Å². The summed E-state index contributed by atoms with van der Waals surface area (Å²) in [5.41, 5.74) is 0. The van der Waals surface area contributed by atoms with Crippen molar-refractivity contribution >= 4 is 19.3 Å². The second-order valence-corrected chi connectivity index (χ2v) is 3.53. The van der Waals surface area contributed by atoms with Gasteiger partial charge in [0.2, 0.25) is 0 Å². The fourth-order valence-electron chi connectivity index (χ4n) is 1.25. The zero-order chi connectivity index (χ0) is 8.85. The molecule has 0 spiro atoms. The van der Waals surface area contributed by atoms with Crippen LogP contribution in [0, 0.1) is 0 Å². The van der Waals surface area contributed by atoms with E-state index in [1.54, 1.807) is 0 Å². The molecule has 3 atom stereocenters. The molecule has 0 aliphatic carbocycles. The Hall–Kier alpha value is -0.0200. The van der Waals surface area contributed by atoms with Gasteiger partial charge in [0.25, 0.3) is 0 Å². The quantitative estimate of drug-likeness (QED) is 0.477. The van der Waals surface area contributed by atoms with Gasteiger partial charge in [-0.2, -0.15) is 12.6 Å². The maximum Gasteiger partial charge on any atom is 0.0653 e. The van der Waals surface area contributed by atoms with Gasteiger partial charge < -0.3 is 5.32 Å². The summed E-state index contributed by atoms with van der Waals surface area (Å²) in [6.45, 7) is 7.74. The monoisotopic (exact) mass is 174 g/mol. The topological polar surface area (TPSA) is 24.4 Å². The van der Waals surface area contributed by atoms with Crippen molar-refractivity contribution in [1.82, 2.24) is 5.32 Å². The van der Waals surface area contributed by atoms with Gasteiger partial charge in [-0.25, -0.2) is 0 Å². The standard InChI is InChI=1S/C8H18N2S/c1-5-7(9-3)8(10-4)6(2)11/h6-8,10-11H,3,5H2,1-2,4H3. The summed E-state index contributed by atoms with van der Waals surface area (Å²) in [4.78, 5) is 4.04. The Morgan fingerprint density at radius 2 is 2.18 bits per heavy atom. The Bertz CT molecular complexity index is 115. The highest BCUT2D eigenvalue weighted by Gasteiger charge is 2.19. The van der Waals surface area contributed by atoms with E-state index in [2.05, 4.69) is 43.5 Å². The highest BCUT2D eigenvalue weighted by atomic mass is 32.1. The minimum atomic E-state index is 0.285. The average molecular weight is 174 g/mol. The van der Waals surface area contributed by atoms with Crippen LogP contribution in [0.4, 0.5) is 0 Å². The van der Waals surface area contributed by atoms with E-state index in [0.29, 0.717) is 11.3 Å². The second-order valence-electron chi connectivity index (χ2n) is 2.71. The number of hydrogen-bond donors (Lipinski definition) is 2. The molecule has 0 radical (unpaired) electrons. The Morgan fingerprint density at radius 3 is 2.27 bits per heavy atom. The van der Waals surface area contributed by atoms with E-state index >= 15 is 0 Å². The molecule has 0 aromatic carbocycles. The molecule has 0 fully saturated rings. The van der Waals surface area contributed by atoms with E-state index in [4.69, 9.17) is 0 Å². The lowest BCUT2D eigenvalue weighted by Gasteiger charge is -2.25. The van der Waals surface area contributed by atoms with E-state index in [-0.39, 0.29) is 6.04 Å². The number of nitrogens with one attached hydrogen (secondary N) is 1. The van der Waals surface area contributed by atoms with Gasteiger partial charge >= 0.3 is 0 Å². The first kappa shape index (κ1) is 11.0. The molecule has 0 bridgehead atoms. The first-order chi connectivity index (χ1) is 5.17. The van der Waals surface area contributed by atoms with Crippen molar-refractivity contribution < 1.29 is 0 Å². The van der Waals surface area contributed by atoms with Crippen LogP contribution in [-0.2, 0) is 0 Å². The molecular weight excluding hydrogens is 156 g/mol. The Labute approximate surface area is 74.9 Å². The first-order valence-corrected chi connectivity index (χ1v) is 4.50. The third-order valence-corrected chi connectivity index (χ3v) is 2.24. The summed E-state index contributed by atoms with van der Waals surface area (Å²) in [6, 6.07) is 0.619. The van der Waals surface area contributed by atoms with Gasteiger partial charge in [0.15, 0.2) is 0 Å². The largest absolute Gasteiger partial charge is 0.314 e. The molecule has 3 heteroatoms. The van der Waals surface area contributed by atoms with Gasteiger partial charge in [0.05, 0.1) is 6.04 Å². The van der Waals surface area contributed by atoms with Crippen molar-refractivity contribution in [3.8, 4) is 0 Å². The van der Waals surface area contributed by atoms with E-state index < -0.39 is 0 Å². The normalized spacial score (nSPS) is 18.9. The number of nitrogens with zero attached hydrogens (tertiary/aromatic N) is 1. The maximum absolute atomic E-state index is 4.37. The molecule has 0 saturated heterocycles. The predicted octanol–water partition coefficient (Wildman–Crippen LogP) is 1.37. The fraction of sp³-hybridized carbons (Fsp3) is 0.875. The molecule has 11 heavy (non-hydrogen) atoms. The van der Waals surface area contributed by atoms with Gasteiger partial charge in [0.1, 0.15) is 0 Å². The van der Waals surface area contributed by atoms with Crippen LogP contribution in [0.5, 0.6) is 0 Å². The predicted molar refractivity (Wildman–Crippen MR) is 54.9 cm³/mol. The van der Waals surface area contributed by atoms with E-state index in [0.717, 1.165) is 6.42 Å². The Kier molecular flexibility index (Phi) is 5.60. The lowest BCUT2D eigenvalue weighted by Crippen LogP contribution is -2.42. The first-order valence-electron chi connectivity index (χ1n) is 3.98. The van der Waals surface area contributed by atoms with Crippen LogP contribution in [0.15, 0.2) is 4.99 Å². The number of thiol groups is 1. The summed E-state index contributed by atoms with van der Waals surface area (Å²) in [6.07, 6.45) is 1.01. The number of hydrogen-bond acceptors (Lipinski definition) is 3. The van der Waals surface area contributed by atoms with Crippen LogP contribution in [0.2, 0.25) is 0 Å². The molecular formula is C8H18N2S. The molecule has 0 saturated carbocycles. The third kappa shape index (κ3) is 3.25. The summed E-state index contributed by atoms with van der Waals surface area (Å²) in [5, 5.41) is 3.51. The number of likely N-dealkylation sites (N-methyl/N-ethyl adjacent to an activating group) is 1. The van der Waals surface area contributed by atoms with E-state index in [9.17, 15) is 0 Å². The van der Waals surface area contributed by atoms with Crippen LogP contribution in [-0.4, -0.2) is 31.1 Å². The van der Waals surface area contributed by atoms with Crippen molar-refractivity contribution in [2.45, 2.75) is 37.6 Å². The van der Waals surface area contributed by atoms with Crippen molar-refractivity contribution in [1.29, 1.82) is 0 Å². The van der Waals surface area contributed by atoms with Gasteiger partial charge in [-0.3, -0.25) is 4.99 Å². The van der Waals surface area contributed by atoms with Crippen molar-refractivity contribution in [2.75, 3.05) is 7.05 Å². The van der Waals surface area contributed by atoms with Crippen LogP contribution < -0.4 is 5.32 Å². The van der Waals surface area contributed by atoms with Crippen LogP contribution in [0.3, 0.4) is 0 Å². The van der Waals surface area contributed by atoms with Gasteiger partial charge in [-0.15, -0.1) is 0 Å². The van der Waals surface area contributed by atoms with Gasteiger partial charge in [-0.05, 0) is 20.2 Å². The zero-order valence-corrected chi connectivity index (χ0v) is 8.44. The van der Waals surface area contributed by atoms with E-state index in [1.807, 2.05) is 7.05 Å². The number of aliphatic imine (C=N–C) groups is 1. The molecule has 2 nitrogen and oxygen atoms in total. The SMILES string of the molecule is C=NC(CC)C(NC)C(C)S. The molecule has 0 aromatic heterocycles. The Balaban J connectivity index is 4.08. The number of rotatable bonds is 5. The minimum absolute atomic E-state index is 0.285. The zero-order valence-electron chi connectivity index (χ0n) is 7.54.